The average molecular weight is 411 g/mol. The van der Waals surface area contributed by atoms with Crippen LogP contribution in [-0.4, -0.2) is 29.7 Å². The topological polar surface area (TPSA) is 55.8 Å². The van der Waals surface area contributed by atoms with E-state index in [4.69, 9.17) is 44.3 Å². The summed E-state index contributed by atoms with van der Waals surface area (Å²) in [4.78, 5) is -0.153. The van der Waals surface area contributed by atoms with Crippen LogP contribution in [0.1, 0.15) is 0 Å². The third kappa shape index (κ3) is 3.37. The van der Waals surface area contributed by atoms with E-state index in [9.17, 15) is 8.42 Å². The summed E-state index contributed by atoms with van der Waals surface area (Å²) in [6, 6.07) is 7.42. The SMILES string of the molecule is COc1ccc(Cl)cc1N(C)S(=O)(=O)c1ccc(OC)c(Cl)c1Cl. The third-order valence-electron chi connectivity index (χ3n) is 3.35. The van der Waals surface area contributed by atoms with Gasteiger partial charge in [-0.25, -0.2) is 8.42 Å². The second kappa shape index (κ2) is 7.27. The first kappa shape index (κ1) is 19.0. The number of sulfonamides is 1. The second-order valence-electron chi connectivity index (χ2n) is 4.68. The van der Waals surface area contributed by atoms with Crippen molar-refractivity contribution in [1.29, 1.82) is 0 Å². The summed E-state index contributed by atoms with van der Waals surface area (Å²) in [7, 11) is 0.223. The van der Waals surface area contributed by atoms with Crippen molar-refractivity contribution in [2.24, 2.45) is 0 Å². The predicted octanol–water partition coefficient (Wildman–Crippen LogP) is 4.49. The Morgan fingerprint density at radius 2 is 1.50 bits per heavy atom. The lowest BCUT2D eigenvalue weighted by Gasteiger charge is -2.23. The van der Waals surface area contributed by atoms with Crippen molar-refractivity contribution in [2.75, 3.05) is 25.6 Å². The van der Waals surface area contributed by atoms with Crippen molar-refractivity contribution in [3.8, 4) is 11.5 Å². The molecule has 0 aliphatic carbocycles. The number of hydrogen-bond donors (Lipinski definition) is 0. The summed E-state index contributed by atoms with van der Waals surface area (Å²) in [6.45, 7) is 0. The first-order chi connectivity index (χ1) is 11.2. The fraction of sp³-hybridized carbons (Fsp3) is 0.200. The highest BCUT2D eigenvalue weighted by molar-refractivity contribution is 7.93. The summed E-state index contributed by atoms with van der Waals surface area (Å²) >= 11 is 18.1. The Balaban J connectivity index is 2.59. The van der Waals surface area contributed by atoms with Crippen LogP contribution in [0.5, 0.6) is 11.5 Å². The van der Waals surface area contributed by atoms with Crippen molar-refractivity contribution in [1.82, 2.24) is 0 Å². The molecule has 0 saturated heterocycles. The zero-order valence-electron chi connectivity index (χ0n) is 13.0. The van der Waals surface area contributed by atoms with Crippen LogP contribution in [0, 0.1) is 0 Å². The van der Waals surface area contributed by atoms with E-state index in [1.807, 2.05) is 0 Å². The Labute approximate surface area is 155 Å². The maximum atomic E-state index is 12.9. The van der Waals surface area contributed by atoms with Gasteiger partial charge in [0.15, 0.2) is 0 Å². The zero-order chi connectivity index (χ0) is 18.1. The van der Waals surface area contributed by atoms with Crippen LogP contribution >= 0.6 is 34.8 Å². The molecule has 9 heteroatoms. The molecule has 130 valence electrons. The molecule has 0 spiro atoms. The second-order valence-corrected chi connectivity index (χ2v) is 7.81. The quantitative estimate of drug-likeness (QED) is 0.729. The Morgan fingerprint density at radius 1 is 0.917 bits per heavy atom. The van der Waals surface area contributed by atoms with Crippen molar-refractivity contribution in [2.45, 2.75) is 4.90 Å². The molecule has 0 fully saturated rings. The van der Waals surface area contributed by atoms with Crippen LogP contribution in [0.2, 0.25) is 15.1 Å². The minimum atomic E-state index is -4.00. The number of methoxy groups -OCH3 is 2. The van der Waals surface area contributed by atoms with Gasteiger partial charge in [-0.1, -0.05) is 34.8 Å². The standard InChI is InChI=1S/C15H14Cl3NO4S/c1-19(10-8-9(16)4-5-11(10)22-2)24(20,21)13-7-6-12(23-3)14(17)15(13)18/h4-8H,1-3H3. The minimum absolute atomic E-state index is 0.0201. The molecule has 0 unspecified atom stereocenters. The molecule has 0 atom stereocenters. The summed E-state index contributed by atoms with van der Waals surface area (Å²) < 4.78 is 37.1. The van der Waals surface area contributed by atoms with Crippen LogP contribution in [0.4, 0.5) is 5.69 Å². The first-order valence-corrected chi connectivity index (χ1v) is 9.16. The molecule has 0 aliphatic heterocycles. The van der Waals surface area contributed by atoms with Crippen LogP contribution < -0.4 is 13.8 Å². The van der Waals surface area contributed by atoms with Crippen LogP contribution in [0.15, 0.2) is 35.2 Å². The molecule has 2 aromatic rings. The van der Waals surface area contributed by atoms with E-state index >= 15 is 0 Å². The van der Waals surface area contributed by atoms with Crippen LogP contribution in [-0.2, 0) is 10.0 Å². The summed E-state index contributed by atoms with van der Waals surface area (Å²) in [5.74, 6) is 0.629. The largest absolute Gasteiger partial charge is 0.495 e. The number of hydrogen-bond acceptors (Lipinski definition) is 4. The van der Waals surface area contributed by atoms with E-state index in [0.29, 0.717) is 10.8 Å². The van der Waals surface area contributed by atoms with Crippen molar-refractivity contribution in [3.63, 3.8) is 0 Å². The molecule has 0 saturated carbocycles. The molecule has 0 heterocycles. The lowest BCUT2D eigenvalue weighted by Crippen LogP contribution is -2.27. The van der Waals surface area contributed by atoms with Gasteiger partial charge in [0.2, 0.25) is 0 Å². The van der Waals surface area contributed by atoms with Crippen LogP contribution in [0.25, 0.3) is 0 Å². The average Bonchev–Trinajstić information content (AvgIpc) is 2.56. The molecule has 2 aromatic carbocycles. The Morgan fingerprint density at radius 3 is 2.08 bits per heavy atom. The van der Waals surface area contributed by atoms with Crippen molar-refractivity contribution >= 4 is 50.5 Å². The lowest BCUT2D eigenvalue weighted by molar-refractivity contribution is 0.414. The van der Waals surface area contributed by atoms with E-state index in [1.165, 1.54) is 39.5 Å². The highest BCUT2D eigenvalue weighted by atomic mass is 35.5. The van der Waals surface area contributed by atoms with Crippen molar-refractivity contribution < 1.29 is 17.9 Å². The van der Waals surface area contributed by atoms with E-state index < -0.39 is 10.0 Å². The van der Waals surface area contributed by atoms with E-state index in [1.54, 1.807) is 12.1 Å². The first-order valence-electron chi connectivity index (χ1n) is 6.58. The summed E-state index contributed by atoms with van der Waals surface area (Å²) in [5, 5.41) is 0.266. The number of anilines is 1. The fourth-order valence-electron chi connectivity index (χ4n) is 2.06. The predicted molar refractivity (Wildman–Crippen MR) is 96.6 cm³/mol. The maximum Gasteiger partial charge on any atom is 0.265 e. The van der Waals surface area contributed by atoms with Gasteiger partial charge < -0.3 is 9.47 Å². The Hall–Kier alpha value is -1.34. The molecule has 0 radical (unpaired) electrons. The minimum Gasteiger partial charge on any atom is -0.495 e. The monoisotopic (exact) mass is 409 g/mol. The normalized spacial score (nSPS) is 11.2. The fourth-order valence-corrected chi connectivity index (χ4v) is 4.24. The lowest BCUT2D eigenvalue weighted by atomic mass is 10.3. The van der Waals surface area contributed by atoms with Gasteiger partial charge in [-0.3, -0.25) is 4.31 Å². The van der Waals surface area contributed by atoms with Gasteiger partial charge in [-0.15, -0.1) is 0 Å². The van der Waals surface area contributed by atoms with Gasteiger partial charge >= 0.3 is 0 Å². The molecular weight excluding hydrogens is 397 g/mol. The molecular formula is C15H14Cl3NO4S. The molecule has 5 nitrogen and oxygen atoms in total. The molecule has 0 aromatic heterocycles. The maximum absolute atomic E-state index is 12.9. The van der Waals surface area contributed by atoms with Gasteiger partial charge in [0.25, 0.3) is 10.0 Å². The van der Waals surface area contributed by atoms with Gasteiger partial charge in [-0.2, -0.15) is 0 Å². The van der Waals surface area contributed by atoms with Gasteiger partial charge in [0.05, 0.1) is 24.9 Å². The van der Waals surface area contributed by atoms with Gasteiger partial charge in [0.1, 0.15) is 21.4 Å². The summed E-state index contributed by atoms with van der Waals surface area (Å²) in [6.07, 6.45) is 0. The number of halogens is 3. The van der Waals surface area contributed by atoms with Crippen LogP contribution in [0.3, 0.4) is 0 Å². The smallest absolute Gasteiger partial charge is 0.265 e. The molecule has 2 rings (SSSR count). The van der Waals surface area contributed by atoms with E-state index in [2.05, 4.69) is 0 Å². The highest BCUT2D eigenvalue weighted by Gasteiger charge is 2.28. The number of nitrogens with zero attached hydrogens (tertiary/aromatic N) is 1. The molecule has 0 N–H and O–H groups in total. The Bertz CT molecular complexity index is 871. The molecule has 0 aliphatic rings. The number of ether oxygens (including phenoxy) is 2. The number of rotatable bonds is 5. The van der Waals surface area contributed by atoms with E-state index in [0.717, 1.165) is 4.31 Å². The molecule has 0 bridgehead atoms. The van der Waals surface area contributed by atoms with Gasteiger partial charge in [-0.05, 0) is 30.3 Å². The summed E-state index contributed by atoms with van der Waals surface area (Å²) in [5.41, 5.74) is 0.271. The molecule has 24 heavy (non-hydrogen) atoms. The number of benzene rings is 2. The van der Waals surface area contributed by atoms with E-state index in [-0.39, 0.29) is 26.4 Å². The highest BCUT2D eigenvalue weighted by Crippen LogP contribution is 2.40. The third-order valence-corrected chi connectivity index (χ3v) is 6.38. The Kier molecular flexibility index (Phi) is 5.75. The van der Waals surface area contributed by atoms with Gasteiger partial charge in [0, 0.05) is 12.1 Å². The zero-order valence-corrected chi connectivity index (χ0v) is 16.1. The molecule has 0 amide bonds. The van der Waals surface area contributed by atoms with Crippen molar-refractivity contribution in [3.05, 3.63) is 45.4 Å².